The van der Waals surface area contributed by atoms with Crippen LogP contribution in [0.15, 0.2) is 51.6 Å². The molecule has 1 aromatic heterocycles. The molecule has 2 N–H and O–H groups in total. The van der Waals surface area contributed by atoms with Crippen LogP contribution in [0.1, 0.15) is 30.5 Å². The van der Waals surface area contributed by atoms with Crippen molar-refractivity contribution in [2.45, 2.75) is 25.9 Å². The number of hydrazone groups is 1. The average molecular weight is 384 g/mol. The van der Waals surface area contributed by atoms with E-state index in [1.165, 1.54) is 18.0 Å². The minimum Gasteiger partial charge on any atom is -0.497 e. The van der Waals surface area contributed by atoms with Crippen LogP contribution in [-0.2, 0) is 11.3 Å². The van der Waals surface area contributed by atoms with Crippen LogP contribution in [0.2, 0.25) is 0 Å². The van der Waals surface area contributed by atoms with Gasteiger partial charge in [-0.25, -0.2) is 9.80 Å². The van der Waals surface area contributed by atoms with E-state index in [0.29, 0.717) is 5.75 Å². The number of hydrogen-bond acceptors (Lipinski definition) is 6. The molecule has 9 nitrogen and oxygen atoms in total. The third kappa shape index (κ3) is 3.34. The number of nitrogens with one attached hydrogen (secondary N) is 1. The van der Waals surface area contributed by atoms with E-state index in [2.05, 4.69) is 16.7 Å². The molecule has 0 aliphatic carbocycles. The van der Waals surface area contributed by atoms with E-state index in [9.17, 15) is 19.5 Å². The van der Waals surface area contributed by atoms with Crippen molar-refractivity contribution in [3.05, 3.63) is 68.9 Å². The number of nitrogens with zero attached hydrogens (tertiary/aromatic N) is 3. The first kappa shape index (κ1) is 19.2. The highest BCUT2D eigenvalue weighted by atomic mass is 16.5. The molecule has 0 saturated carbocycles. The number of methoxy groups -OCH3 is 1. The van der Waals surface area contributed by atoms with Crippen LogP contribution in [0.25, 0.3) is 0 Å². The smallest absolute Gasteiger partial charge is 0.331 e. The Balaban J connectivity index is 2.06. The molecule has 1 aromatic carbocycles. The van der Waals surface area contributed by atoms with E-state index in [-0.39, 0.29) is 30.1 Å². The lowest BCUT2D eigenvalue weighted by Gasteiger charge is -2.20. The number of rotatable bonds is 5. The highest BCUT2D eigenvalue weighted by molar-refractivity contribution is 6.04. The van der Waals surface area contributed by atoms with Gasteiger partial charge in [-0.1, -0.05) is 18.2 Å². The van der Waals surface area contributed by atoms with Crippen molar-refractivity contribution >= 4 is 11.6 Å². The molecule has 1 aliphatic heterocycles. The fourth-order valence-electron chi connectivity index (χ4n) is 3.16. The molecule has 1 aliphatic rings. The second-order valence-corrected chi connectivity index (χ2v) is 6.26. The molecule has 0 bridgehead atoms. The molecule has 0 saturated heterocycles. The van der Waals surface area contributed by atoms with Crippen molar-refractivity contribution in [3.63, 3.8) is 0 Å². The molecule has 0 fully saturated rings. The molecule has 28 heavy (non-hydrogen) atoms. The minimum atomic E-state index is -0.763. The summed E-state index contributed by atoms with van der Waals surface area (Å²) in [6.07, 6.45) is 1.62. The van der Waals surface area contributed by atoms with Gasteiger partial charge >= 0.3 is 5.69 Å². The first-order chi connectivity index (χ1) is 13.4. The zero-order valence-electron chi connectivity index (χ0n) is 15.5. The molecule has 1 atom stereocenters. The number of aromatic amines is 1. The number of aromatic hydroxyl groups is 1. The minimum absolute atomic E-state index is 0.0139. The van der Waals surface area contributed by atoms with Gasteiger partial charge in [0, 0.05) is 19.9 Å². The highest BCUT2D eigenvalue weighted by Gasteiger charge is 2.34. The quantitative estimate of drug-likeness (QED) is 0.750. The summed E-state index contributed by atoms with van der Waals surface area (Å²) < 4.78 is 6.12. The summed E-state index contributed by atoms with van der Waals surface area (Å²) in [4.78, 5) is 38.5. The number of benzene rings is 1. The molecule has 2 heterocycles. The number of H-pyrrole nitrogens is 1. The fourth-order valence-corrected chi connectivity index (χ4v) is 3.16. The lowest BCUT2D eigenvalue weighted by atomic mass is 9.99. The molecule has 1 unspecified atom stereocenters. The van der Waals surface area contributed by atoms with Crippen molar-refractivity contribution in [2.75, 3.05) is 7.11 Å². The van der Waals surface area contributed by atoms with E-state index in [1.807, 2.05) is 0 Å². The lowest BCUT2D eigenvalue weighted by Crippen LogP contribution is -2.33. The van der Waals surface area contributed by atoms with Crippen molar-refractivity contribution in [2.24, 2.45) is 5.10 Å². The zero-order valence-corrected chi connectivity index (χ0v) is 15.5. The first-order valence-electron chi connectivity index (χ1n) is 8.56. The van der Waals surface area contributed by atoms with E-state index in [1.54, 1.807) is 31.4 Å². The van der Waals surface area contributed by atoms with E-state index < -0.39 is 23.2 Å². The molecule has 0 spiro atoms. The number of ether oxygens (including phenoxy) is 1. The summed E-state index contributed by atoms with van der Waals surface area (Å²) in [6, 6.07) is 6.69. The first-order valence-corrected chi connectivity index (χ1v) is 8.56. The van der Waals surface area contributed by atoms with Crippen molar-refractivity contribution in [1.29, 1.82) is 0 Å². The van der Waals surface area contributed by atoms with E-state index in [0.717, 1.165) is 10.1 Å². The number of allylic oxidation sites excluding steroid dienone is 1. The predicted octanol–water partition coefficient (Wildman–Crippen LogP) is 1.13. The van der Waals surface area contributed by atoms with Crippen LogP contribution in [0, 0.1) is 0 Å². The number of carbonyl (C=O) groups excluding carboxylic acids is 1. The number of carbonyl (C=O) groups is 1. The Hall–Kier alpha value is -3.62. The Labute approximate surface area is 160 Å². The topological polar surface area (TPSA) is 117 Å². The maximum absolute atomic E-state index is 12.4. The molecule has 146 valence electrons. The van der Waals surface area contributed by atoms with E-state index in [4.69, 9.17) is 4.74 Å². The molecule has 9 heteroatoms. The van der Waals surface area contributed by atoms with E-state index >= 15 is 0 Å². The lowest BCUT2D eigenvalue weighted by molar-refractivity contribution is -0.130. The van der Waals surface area contributed by atoms with Gasteiger partial charge in [0.1, 0.15) is 11.3 Å². The number of amides is 1. The fraction of sp³-hybridized carbons (Fsp3) is 0.263. The third-order valence-corrected chi connectivity index (χ3v) is 4.51. The van der Waals surface area contributed by atoms with Gasteiger partial charge in [0.15, 0.2) is 0 Å². The van der Waals surface area contributed by atoms with Crippen LogP contribution in [-0.4, -0.2) is 38.4 Å². The standard InChI is InChI=1S/C19H20N4O5/c1-4-9-22-18(26)16(17(25)20-19(22)27)14-10-15(23(21-14)11(2)24)12-5-7-13(28-3)8-6-12/h4-8,15,26H,1,9-10H2,2-3H3,(H,20,25,27). The van der Waals surface area contributed by atoms with Crippen LogP contribution < -0.4 is 16.0 Å². The molecule has 3 rings (SSSR count). The third-order valence-electron chi connectivity index (χ3n) is 4.51. The Morgan fingerprint density at radius 3 is 2.64 bits per heavy atom. The van der Waals surface area contributed by atoms with Gasteiger partial charge in [0.2, 0.25) is 11.8 Å². The second-order valence-electron chi connectivity index (χ2n) is 6.26. The maximum Gasteiger partial charge on any atom is 0.331 e. The highest BCUT2D eigenvalue weighted by Crippen LogP contribution is 2.34. The molecular formula is C19H20N4O5. The maximum atomic E-state index is 12.4. The van der Waals surface area contributed by atoms with Gasteiger partial charge in [-0.05, 0) is 17.7 Å². The van der Waals surface area contributed by atoms with Crippen molar-refractivity contribution < 1.29 is 14.6 Å². The molecule has 1 amide bonds. The van der Waals surface area contributed by atoms with Gasteiger partial charge in [-0.2, -0.15) is 5.10 Å². The Morgan fingerprint density at radius 2 is 2.07 bits per heavy atom. The van der Waals surface area contributed by atoms with Crippen LogP contribution in [0.4, 0.5) is 0 Å². The largest absolute Gasteiger partial charge is 0.497 e. The second kappa shape index (κ2) is 7.55. The molecular weight excluding hydrogens is 364 g/mol. The summed E-state index contributed by atoms with van der Waals surface area (Å²) in [7, 11) is 1.56. The Kier molecular flexibility index (Phi) is 5.16. The number of aromatic nitrogens is 2. The monoisotopic (exact) mass is 384 g/mol. The van der Waals surface area contributed by atoms with Crippen molar-refractivity contribution in [1.82, 2.24) is 14.6 Å². The summed E-state index contributed by atoms with van der Waals surface area (Å²) in [5.41, 5.74) is -0.637. The summed E-state index contributed by atoms with van der Waals surface area (Å²) >= 11 is 0. The van der Waals surface area contributed by atoms with Gasteiger partial charge in [0.05, 0.1) is 18.9 Å². The van der Waals surface area contributed by atoms with Crippen LogP contribution in [0.3, 0.4) is 0 Å². The van der Waals surface area contributed by atoms with Gasteiger partial charge in [-0.15, -0.1) is 6.58 Å². The molecule has 2 aromatic rings. The van der Waals surface area contributed by atoms with Crippen LogP contribution in [0.5, 0.6) is 11.6 Å². The van der Waals surface area contributed by atoms with Gasteiger partial charge in [-0.3, -0.25) is 19.1 Å². The van der Waals surface area contributed by atoms with Crippen LogP contribution >= 0.6 is 0 Å². The average Bonchev–Trinajstić information content (AvgIpc) is 3.10. The summed E-state index contributed by atoms with van der Waals surface area (Å²) in [5.74, 6) is -0.153. The summed E-state index contributed by atoms with van der Waals surface area (Å²) in [6.45, 7) is 4.91. The Bertz CT molecular complexity index is 1070. The molecule has 0 radical (unpaired) electrons. The SMILES string of the molecule is C=CCn1c(O)c(C2=NN(C(C)=O)C(c3ccc(OC)cc3)C2)c(=O)[nH]c1=O. The Morgan fingerprint density at radius 1 is 1.39 bits per heavy atom. The van der Waals surface area contributed by atoms with Gasteiger partial charge < -0.3 is 9.84 Å². The normalized spacial score (nSPS) is 16.0. The zero-order chi connectivity index (χ0) is 20.4. The predicted molar refractivity (Wildman–Crippen MR) is 103 cm³/mol. The summed E-state index contributed by atoms with van der Waals surface area (Å²) in [5, 5.41) is 16.0. The van der Waals surface area contributed by atoms with Crippen molar-refractivity contribution in [3.8, 4) is 11.6 Å². The van der Waals surface area contributed by atoms with Gasteiger partial charge in [0.25, 0.3) is 5.56 Å². The number of hydrogen-bond donors (Lipinski definition) is 2.